The molecule has 0 spiro atoms. The van der Waals surface area contributed by atoms with Crippen molar-refractivity contribution in [3.8, 4) is 0 Å². The van der Waals surface area contributed by atoms with Crippen molar-refractivity contribution in [2.45, 2.75) is 38.7 Å². The lowest BCUT2D eigenvalue weighted by molar-refractivity contribution is -0.137. The number of hydrogen-bond acceptors (Lipinski definition) is 4. The van der Waals surface area contributed by atoms with Crippen LogP contribution in [0.25, 0.3) is 10.1 Å². The molecule has 5 heteroatoms. The molecule has 1 heterocycles. The Hall–Kier alpha value is -2.50. The molecule has 0 saturated heterocycles. The largest absolute Gasteiger partial charge is 0.481 e. The Labute approximate surface area is 174 Å². The van der Waals surface area contributed by atoms with Gasteiger partial charge in [-0.2, -0.15) is 0 Å². The van der Waals surface area contributed by atoms with Crippen LogP contribution in [0.4, 0.5) is 0 Å². The fraction of sp³-hybridized carbons (Fsp3) is 0.333. The Bertz CT molecular complexity index is 933. The molecule has 1 aliphatic rings. The van der Waals surface area contributed by atoms with Crippen molar-refractivity contribution in [2.75, 3.05) is 0 Å². The number of ketones is 1. The van der Waals surface area contributed by atoms with E-state index in [9.17, 15) is 14.7 Å². The van der Waals surface area contributed by atoms with Crippen LogP contribution in [-0.4, -0.2) is 22.0 Å². The number of unbranched alkanes of at least 4 members (excludes halogenated alkanes) is 1. The molecule has 3 rings (SSSR count). The van der Waals surface area contributed by atoms with Gasteiger partial charge in [-0.15, -0.1) is 11.3 Å². The molecule has 1 unspecified atom stereocenters. The third-order valence-corrected chi connectivity index (χ3v) is 6.44. The molecular formula is C24H26O4S. The van der Waals surface area contributed by atoms with E-state index < -0.39 is 12.1 Å². The number of benzene rings is 1. The lowest BCUT2D eigenvalue weighted by Crippen LogP contribution is -2.14. The number of carbonyl (C=O) groups is 2. The number of aliphatic hydroxyl groups excluding tert-OH is 1. The minimum Gasteiger partial charge on any atom is -0.481 e. The van der Waals surface area contributed by atoms with Crippen LogP contribution in [-0.2, 0) is 9.59 Å². The van der Waals surface area contributed by atoms with Crippen molar-refractivity contribution in [1.82, 2.24) is 0 Å². The quantitative estimate of drug-likeness (QED) is 0.426. The van der Waals surface area contributed by atoms with E-state index >= 15 is 0 Å². The summed E-state index contributed by atoms with van der Waals surface area (Å²) in [6.07, 6.45) is 10.8. The molecule has 2 N–H and O–H groups in total. The number of carboxylic acids is 1. The molecule has 3 atom stereocenters. The Morgan fingerprint density at radius 2 is 2.07 bits per heavy atom. The Morgan fingerprint density at radius 1 is 1.28 bits per heavy atom. The van der Waals surface area contributed by atoms with Gasteiger partial charge in [-0.05, 0) is 49.8 Å². The Balaban J connectivity index is 1.62. The highest BCUT2D eigenvalue weighted by Gasteiger charge is 2.31. The van der Waals surface area contributed by atoms with Crippen LogP contribution < -0.4 is 0 Å². The third kappa shape index (κ3) is 5.52. The van der Waals surface area contributed by atoms with E-state index in [0.29, 0.717) is 19.3 Å². The van der Waals surface area contributed by atoms with Crippen molar-refractivity contribution < 1.29 is 19.8 Å². The van der Waals surface area contributed by atoms with Gasteiger partial charge in [-0.3, -0.25) is 9.59 Å². The number of aliphatic hydroxyl groups is 1. The highest BCUT2D eigenvalue weighted by Crippen LogP contribution is 2.35. The molecule has 1 aliphatic carbocycles. The number of carboxylic acid groups (broad SMARTS) is 1. The smallest absolute Gasteiger partial charge is 0.303 e. The fourth-order valence-electron chi connectivity index (χ4n) is 3.67. The molecule has 152 valence electrons. The lowest BCUT2D eigenvalue weighted by atomic mass is 9.87. The summed E-state index contributed by atoms with van der Waals surface area (Å²) in [5.74, 6) is -0.845. The summed E-state index contributed by atoms with van der Waals surface area (Å²) in [4.78, 5) is 23.8. The average molecular weight is 411 g/mol. The molecule has 29 heavy (non-hydrogen) atoms. The maximum Gasteiger partial charge on any atom is 0.303 e. The first-order valence-electron chi connectivity index (χ1n) is 9.89. The highest BCUT2D eigenvalue weighted by molar-refractivity contribution is 7.19. The number of rotatable bonds is 9. The second-order valence-electron chi connectivity index (χ2n) is 7.43. The molecule has 1 aromatic carbocycles. The second-order valence-corrected chi connectivity index (χ2v) is 8.55. The summed E-state index contributed by atoms with van der Waals surface area (Å²) in [6, 6.07) is 10.1. The second kappa shape index (κ2) is 9.81. The number of carbonyl (C=O) groups excluding carboxylic acids is 1. The molecule has 0 saturated carbocycles. The van der Waals surface area contributed by atoms with Gasteiger partial charge in [0.25, 0.3) is 0 Å². The van der Waals surface area contributed by atoms with Gasteiger partial charge in [0.15, 0.2) is 5.78 Å². The van der Waals surface area contributed by atoms with Gasteiger partial charge in [0.1, 0.15) is 6.10 Å². The van der Waals surface area contributed by atoms with E-state index in [0.717, 1.165) is 20.5 Å². The summed E-state index contributed by atoms with van der Waals surface area (Å²) in [5.41, 5.74) is 1.01. The molecule has 0 radical (unpaired) electrons. The van der Waals surface area contributed by atoms with Crippen molar-refractivity contribution in [3.05, 3.63) is 71.2 Å². The topological polar surface area (TPSA) is 74.6 Å². The molecule has 2 aromatic rings. The van der Waals surface area contributed by atoms with E-state index in [2.05, 4.69) is 0 Å². The third-order valence-electron chi connectivity index (χ3n) is 5.25. The fourth-order valence-corrected chi connectivity index (χ4v) is 4.70. The van der Waals surface area contributed by atoms with E-state index in [-0.39, 0.29) is 24.0 Å². The van der Waals surface area contributed by atoms with Crippen LogP contribution in [0.15, 0.2) is 66.3 Å². The molecule has 0 fully saturated rings. The average Bonchev–Trinajstić information content (AvgIpc) is 3.23. The maximum absolute atomic E-state index is 12.4. The molecule has 0 bridgehead atoms. The number of allylic oxidation sites excluding steroid dienone is 5. The summed E-state index contributed by atoms with van der Waals surface area (Å²) < 4.78 is 1.15. The zero-order valence-corrected chi connectivity index (χ0v) is 17.3. The number of fused-ring (bicyclic) bond motifs is 1. The van der Waals surface area contributed by atoms with Crippen LogP contribution in [0.3, 0.4) is 0 Å². The monoisotopic (exact) mass is 410 g/mol. The minimum atomic E-state index is -0.786. The summed E-state index contributed by atoms with van der Waals surface area (Å²) >= 11 is 1.58. The molecule has 4 nitrogen and oxygen atoms in total. The van der Waals surface area contributed by atoms with Gasteiger partial charge >= 0.3 is 5.97 Å². The first kappa shape index (κ1) is 21.2. The van der Waals surface area contributed by atoms with Crippen molar-refractivity contribution in [3.63, 3.8) is 0 Å². The van der Waals surface area contributed by atoms with E-state index in [1.54, 1.807) is 23.5 Å². The summed E-state index contributed by atoms with van der Waals surface area (Å²) in [5, 5.41) is 20.4. The zero-order valence-electron chi connectivity index (χ0n) is 16.5. The zero-order chi connectivity index (χ0) is 20.8. The van der Waals surface area contributed by atoms with Gasteiger partial charge in [0.05, 0.1) is 0 Å². The minimum absolute atomic E-state index is 0.0183. The molecule has 1 aromatic heterocycles. The number of hydrogen-bond donors (Lipinski definition) is 2. The van der Waals surface area contributed by atoms with Gasteiger partial charge < -0.3 is 10.2 Å². The van der Waals surface area contributed by atoms with Crippen LogP contribution in [0.2, 0.25) is 0 Å². The van der Waals surface area contributed by atoms with Crippen molar-refractivity contribution in [2.24, 2.45) is 11.8 Å². The lowest BCUT2D eigenvalue weighted by Gasteiger charge is -2.16. The van der Waals surface area contributed by atoms with E-state index in [1.165, 1.54) is 0 Å². The maximum atomic E-state index is 12.4. The normalized spacial score (nSPS) is 20.8. The standard InChI is InChI=1S/C24H26O4S/c1-16-14-21(26)19(9-4-2-3-5-11-24(27)28)18(16)12-13-20(25)23-15-17-8-6-7-10-22(17)29-23/h2,4,6-8,10,12-15,18-20,25H,3,5,9,11H2,1H3,(H,27,28)/t18-,19+,20?/m0/s1. The number of thiophene rings is 1. The molecule has 0 aliphatic heterocycles. The first-order chi connectivity index (χ1) is 14.0. The molecular weight excluding hydrogens is 384 g/mol. The Kier molecular flexibility index (Phi) is 7.18. The van der Waals surface area contributed by atoms with Crippen LogP contribution in [0.1, 0.15) is 43.6 Å². The van der Waals surface area contributed by atoms with Crippen LogP contribution in [0.5, 0.6) is 0 Å². The van der Waals surface area contributed by atoms with Crippen molar-refractivity contribution in [1.29, 1.82) is 0 Å². The van der Waals surface area contributed by atoms with Crippen molar-refractivity contribution >= 4 is 33.2 Å². The Morgan fingerprint density at radius 3 is 2.83 bits per heavy atom. The number of aliphatic carboxylic acids is 1. The molecule has 0 amide bonds. The van der Waals surface area contributed by atoms with Crippen LogP contribution in [0, 0.1) is 11.8 Å². The predicted molar refractivity (Wildman–Crippen MR) is 117 cm³/mol. The summed E-state index contributed by atoms with van der Waals surface area (Å²) in [7, 11) is 0. The van der Waals surface area contributed by atoms with Gasteiger partial charge in [0, 0.05) is 27.8 Å². The van der Waals surface area contributed by atoms with Crippen LogP contribution >= 0.6 is 11.3 Å². The van der Waals surface area contributed by atoms with E-state index in [1.807, 2.05) is 55.5 Å². The van der Waals surface area contributed by atoms with Gasteiger partial charge in [-0.25, -0.2) is 0 Å². The SMILES string of the molecule is CC1=CC(=O)[C@H](CC=CCCCC(=O)O)[C@H]1C=CC(O)c1cc2ccccc2s1. The van der Waals surface area contributed by atoms with Gasteiger partial charge in [-0.1, -0.05) is 48.1 Å². The summed E-state index contributed by atoms with van der Waals surface area (Å²) in [6.45, 7) is 1.95. The van der Waals surface area contributed by atoms with Gasteiger partial charge in [0.2, 0.25) is 0 Å². The highest BCUT2D eigenvalue weighted by atomic mass is 32.1. The predicted octanol–water partition coefficient (Wildman–Crippen LogP) is 5.45. The van der Waals surface area contributed by atoms with E-state index in [4.69, 9.17) is 5.11 Å². The first-order valence-corrected chi connectivity index (χ1v) is 10.7.